The van der Waals surface area contributed by atoms with Crippen molar-refractivity contribution in [2.45, 2.75) is 111 Å². The minimum absolute atomic E-state index is 0.105. The second kappa shape index (κ2) is 13.2. The van der Waals surface area contributed by atoms with Gasteiger partial charge in [0.1, 0.15) is 17.8 Å². The molecule has 0 radical (unpaired) electrons. The van der Waals surface area contributed by atoms with Crippen molar-refractivity contribution >= 4 is 23.7 Å². The zero-order chi connectivity index (χ0) is 31.6. The van der Waals surface area contributed by atoms with Crippen LogP contribution in [0.5, 0.6) is 0 Å². The number of ketones is 1. The summed E-state index contributed by atoms with van der Waals surface area (Å²) in [6.07, 6.45) is -3.94. The van der Waals surface area contributed by atoms with Gasteiger partial charge < -0.3 is 29.5 Å². The van der Waals surface area contributed by atoms with Gasteiger partial charge >= 0.3 is 17.9 Å². The zero-order valence-electron chi connectivity index (χ0n) is 25.7. The van der Waals surface area contributed by atoms with Gasteiger partial charge in [-0.3, -0.25) is 19.2 Å². The van der Waals surface area contributed by atoms with Crippen LogP contribution in [0.15, 0.2) is 24.3 Å². The van der Waals surface area contributed by atoms with Crippen molar-refractivity contribution in [3.8, 4) is 0 Å². The first-order valence-electron chi connectivity index (χ1n) is 14.4. The van der Waals surface area contributed by atoms with E-state index < -0.39 is 94.8 Å². The Balaban J connectivity index is 2.85. The molecule has 10 atom stereocenters. The summed E-state index contributed by atoms with van der Waals surface area (Å²) >= 11 is 0. The summed E-state index contributed by atoms with van der Waals surface area (Å²) in [6, 6.07) is 0. The Morgan fingerprint density at radius 3 is 2.15 bits per heavy atom. The summed E-state index contributed by atoms with van der Waals surface area (Å²) in [7, 11) is 0. The predicted octanol–water partition coefficient (Wildman–Crippen LogP) is 2.91. The van der Waals surface area contributed by atoms with Crippen LogP contribution in [0, 0.1) is 35.0 Å². The summed E-state index contributed by atoms with van der Waals surface area (Å²) in [5.74, 6) is -6.57. The van der Waals surface area contributed by atoms with E-state index in [0.717, 1.165) is 0 Å². The molecular formula is C31H48O10. The molecule has 2 aliphatic carbocycles. The molecule has 232 valence electrons. The highest BCUT2D eigenvalue weighted by molar-refractivity contribution is 5.91. The maximum atomic E-state index is 13.8. The van der Waals surface area contributed by atoms with Crippen LogP contribution in [0.25, 0.3) is 0 Å². The third-order valence-corrected chi connectivity index (χ3v) is 8.50. The van der Waals surface area contributed by atoms with Gasteiger partial charge in [-0.1, -0.05) is 74.1 Å². The SMILES string of the molecule is C=C1[C@H](O)[C@H]2[C@@H](OC(C)=O)[C@@H](C)C[C@]2(O)C(=O)[C@@H](C)/C=C/C(C)(C)[C@H](O)[C@H](OC(=O)[C@H](C)CC)[C@H]1OC(=O)C(C)C. The maximum absolute atomic E-state index is 13.8. The second-order valence-corrected chi connectivity index (χ2v) is 12.7. The van der Waals surface area contributed by atoms with Crippen molar-refractivity contribution < 1.29 is 48.7 Å². The Morgan fingerprint density at radius 2 is 1.63 bits per heavy atom. The van der Waals surface area contributed by atoms with Gasteiger partial charge in [-0.15, -0.1) is 0 Å². The van der Waals surface area contributed by atoms with E-state index in [2.05, 4.69) is 6.58 Å². The Bertz CT molecular complexity index is 1050. The lowest BCUT2D eigenvalue weighted by molar-refractivity contribution is -0.186. The Hall–Kier alpha value is -2.56. The fourth-order valence-corrected chi connectivity index (χ4v) is 5.57. The number of carbonyl (C=O) groups excluding carboxylic acids is 4. The average molecular weight is 581 g/mol. The number of aliphatic hydroxyl groups is 3. The summed E-state index contributed by atoms with van der Waals surface area (Å²) in [4.78, 5) is 51.8. The summed E-state index contributed by atoms with van der Waals surface area (Å²) in [5, 5.41) is 35.4. The Labute approximate surface area is 243 Å². The van der Waals surface area contributed by atoms with Crippen molar-refractivity contribution in [3.05, 3.63) is 24.3 Å². The molecule has 2 rings (SSSR count). The lowest BCUT2D eigenvalue weighted by Gasteiger charge is -2.42. The number of Topliss-reactive ketones (excluding diaryl/α,β-unsaturated/α-hetero) is 1. The molecule has 0 spiro atoms. The van der Waals surface area contributed by atoms with Crippen LogP contribution in [0.3, 0.4) is 0 Å². The Kier molecular flexibility index (Phi) is 11.1. The van der Waals surface area contributed by atoms with E-state index in [9.17, 15) is 34.5 Å². The molecule has 1 fully saturated rings. The molecule has 10 heteroatoms. The van der Waals surface area contributed by atoms with Crippen LogP contribution >= 0.6 is 0 Å². The number of ether oxygens (including phenoxy) is 3. The first kappa shape index (κ1) is 34.6. The number of esters is 3. The van der Waals surface area contributed by atoms with Gasteiger partial charge in [0.25, 0.3) is 0 Å². The first-order valence-corrected chi connectivity index (χ1v) is 14.4. The third-order valence-electron chi connectivity index (χ3n) is 8.50. The summed E-state index contributed by atoms with van der Waals surface area (Å²) < 4.78 is 17.1. The molecule has 2 aliphatic rings. The molecular weight excluding hydrogens is 532 g/mol. The van der Waals surface area contributed by atoms with Crippen LogP contribution in [0.4, 0.5) is 0 Å². The van der Waals surface area contributed by atoms with E-state index in [1.54, 1.807) is 61.5 Å². The lowest BCUT2D eigenvalue weighted by Crippen LogP contribution is -2.57. The molecule has 0 aromatic heterocycles. The van der Waals surface area contributed by atoms with Crippen molar-refractivity contribution in [3.63, 3.8) is 0 Å². The molecule has 0 bridgehead atoms. The zero-order valence-corrected chi connectivity index (χ0v) is 25.7. The quantitative estimate of drug-likeness (QED) is 0.242. The monoisotopic (exact) mass is 580 g/mol. The summed E-state index contributed by atoms with van der Waals surface area (Å²) in [5.41, 5.74) is -3.48. The molecule has 3 N–H and O–H groups in total. The summed E-state index contributed by atoms with van der Waals surface area (Å²) in [6.45, 7) is 18.4. The van der Waals surface area contributed by atoms with Crippen LogP contribution < -0.4 is 0 Å². The molecule has 0 saturated heterocycles. The fraction of sp³-hybridized carbons (Fsp3) is 0.742. The fourth-order valence-electron chi connectivity index (χ4n) is 5.57. The number of fused-ring (bicyclic) bond motifs is 1. The normalized spacial score (nSPS) is 37.3. The van der Waals surface area contributed by atoms with E-state index in [1.807, 2.05) is 0 Å². The maximum Gasteiger partial charge on any atom is 0.309 e. The molecule has 0 aromatic carbocycles. The lowest BCUT2D eigenvalue weighted by atomic mass is 9.72. The van der Waals surface area contributed by atoms with Crippen LogP contribution in [0.1, 0.15) is 75.2 Å². The van der Waals surface area contributed by atoms with E-state index in [-0.39, 0.29) is 12.0 Å². The van der Waals surface area contributed by atoms with Crippen LogP contribution in [0.2, 0.25) is 0 Å². The smallest absolute Gasteiger partial charge is 0.309 e. The standard InChI is InChI=1S/C31H48O10/c1-11-16(4)29(37)41-25-24(40-28(36)15(2)3)19(7)22(33)21-23(39-20(8)32)18(6)14-31(21,38)26(34)17(5)12-13-30(9,10)27(25)35/h12-13,15-18,21-25,27,33,35,38H,7,11,14H2,1-6,8-10H3/b13-12+/t16-,17+,18+,21+,22+,23+,24+,25-,27-,31-/m1/s1. The van der Waals surface area contributed by atoms with Gasteiger partial charge in [-0.25, -0.2) is 0 Å². The number of rotatable bonds is 6. The average Bonchev–Trinajstić information content (AvgIpc) is 3.15. The third kappa shape index (κ3) is 7.27. The molecule has 0 aliphatic heterocycles. The van der Waals surface area contributed by atoms with E-state index in [4.69, 9.17) is 14.2 Å². The van der Waals surface area contributed by atoms with Gasteiger partial charge in [0.05, 0.1) is 23.9 Å². The highest BCUT2D eigenvalue weighted by Crippen LogP contribution is 2.48. The Morgan fingerprint density at radius 1 is 1.05 bits per heavy atom. The minimum Gasteiger partial charge on any atom is -0.462 e. The van der Waals surface area contributed by atoms with Gasteiger partial charge in [-0.05, 0) is 24.3 Å². The largest absolute Gasteiger partial charge is 0.462 e. The molecule has 0 amide bonds. The highest BCUT2D eigenvalue weighted by atomic mass is 16.6. The van der Waals surface area contributed by atoms with Gasteiger partial charge in [-0.2, -0.15) is 0 Å². The number of hydrogen-bond acceptors (Lipinski definition) is 10. The number of allylic oxidation sites excluding steroid dienone is 1. The number of aliphatic hydroxyl groups excluding tert-OH is 2. The molecule has 0 unspecified atom stereocenters. The van der Waals surface area contributed by atoms with Crippen LogP contribution in [-0.4, -0.2) is 75.1 Å². The van der Waals surface area contributed by atoms with Crippen molar-refractivity contribution in [2.75, 3.05) is 0 Å². The van der Waals surface area contributed by atoms with E-state index in [0.29, 0.717) is 6.42 Å². The predicted molar refractivity (Wildman–Crippen MR) is 150 cm³/mol. The van der Waals surface area contributed by atoms with Gasteiger partial charge in [0.2, 0.25) is 0 Å². The molecule has 41 heavy (non-hydrogen) atoms. The molecule has 0 aromatic rings. The van der Waals surface area contributed by atoms with Crippen LogP contribution in [-0.2, 0) is 33.4 Å². The topological polar surface area (TPSA) is 157 Å². The van der Waals surface area contributed by atoms with Gasteiger partial charge in [0, 0.05) is 18.3 Å². The minimum atomic E-state index is -2.14. The van der Waals surface area contributed by atoms with Crippen molar-refractivity contribution in [1.82, 2.24) is 0 Å². The van der Waals surface area contributed by atoms with Crippen molar-refractivity contribution in [1.29, 1.82) is 0 Å². The number of carbonyl (C=O) groups is 4. The van der Waals surface area contributed by atoms with E-state index in [1.165, 1.54) is 13.0 Å². The van der Waals surface area contributed by atoms with Crippen molar-refractivity contribution in [2.24, 2.45) is 35.0 Å². The number of hydrogen-bond donors (Lipinski definition) is 3. The molecule has 10 nitrogen and oxygen atoms in total. The van der Waals surface area contributed by atoms with Gasteiger partial charge in [0.15, 0.2) is 18.0 Å². The molecule has 0 heterocycles. The van der Waals surface area contributed by atoms with E-state index >= 15 is 0 Å². The molecule has 1 saturated carbocycles. The highest BCUT2D eigenvalue weighted by Gasteiger charge is 2.61. The second-order valence-electron chi connectivity index (χ2n) is 12.7. The first-order chi connectivity index (χ1) is 18.8.